The van der Waals surface area contributed by atoms with Gasteiger partial charge < -0.3 is 13.2 Å². The second-order valence-electron chi connectivity index (χ2n) is 16.5. The van der Waals surface area contributed by atoms with Crippen LogP contribution in [0.3, 0.4) is 0 Å². The molecule has 0 saturated carbocycles. The van der Waals surface area contributed by atoms with E-state index in [1.54, 1.807) is 0 Å². The van der Waals surface area contributed by atoms with Crippen LogP contribution in [0, 0.1) is 0 Å². The van der Waals surface area contributed by atoms with Gasteiger partial charge in [0.1, 0.15) is 0 Å². The van der Waals surface area contributed by atoms with E-state index in [1.807, 2.05) is 0 Å². The Balaban J connectivity index is 0.000000115. The Bertz CT molecular complexity index is 4140. The maximum atomic E-state index is 2.47. The molecule has 0 N–H and O–H groups in total. The van der Waals surface area contributed by atoms with E-state index in [0.29, 0.717) is 0 Å². The monoisotopic (exact) mass is 745 g/mol. The van der Waals surface area contributed by atoms with Crippen molar-refractivity contribution in [3.05, 3.63) is 188 Å². The Kier molecular flexibility index (Phi) is 5.41. The third kappa shape index (κ3) is 3.66. The number of rotatable bonds is 0. The summed E-state index contributed by atoms with van der Waals surface area (Å²) in [6.07, 6.45) is 0. The second kappa shape index (κ2) is 10.5. The van der Waals surface area contributed by atoms with E-state index in [9.17, 15) is 0 Å². The van der Waals surface area contributed by atoms with Gasteiger partial charge in [-0.25, -0.2) is 0 Å². The first-order valence-electron chi connectivity index (χ1n) is 20.5. The van der Waals surface area contributed by atoms with Crippen molar-refractivity contribution in [1.82, 2.24) is 13.2 Å². The average molecular weight is 746 g/mol. The number of hydrogen-bond donors (Lipinski definition) is 0. The van der Waals surface area contributed by atoms with Crippen molar-refractivity contribution in [2.24, 2.45) is 0 Å². The smallest absolute Gasteiger partial charge is 0.0620 e. The van der Waals surface area contributed by atoms with Gasteiger partial charge in [0.15, 0.2) is 0 Å². The predicted molar refractivity (Wildman–Crippen MR) is 252 cm³/mol. The molecule has 0 aliphatic rings. The largest absolute Gasteiger partial charge is 0.308 e. The molecule has 3 heteroatoms. The van der Waals surface area contributed by atoms with Crippen LogP contribution in [-0.4, -0.2) is 13.2 Å². The molecule has 0 aliphatic heterocycles. The summed E-state index contributed by atoms with van der Waals surface area (Å²) < 4.78 is 7.41. The Hall–Kier alpha value is -7.88. The van der Waals surface area contributed by atoms with Crippen molar-refractivity contribution in [3.8, 4) is 0 Å². The third-order valence-corrected chi connectivity index (χ3v) is 13.6. The highest BCUT2D eigenvalue weighted by Gasteiger charge is 2.22. The van der Waals surface area contributed by atoms with Crippen LogP contribution in [0.2, 0.25) is 0 Å². The Morgan fingerprint density at radius 3 is 0.864 bits per heavy atom. The molecule has 0 radical (unpaired) electrons. The molecule has 0 aliphatic carbocycles. The molecule has 0 bridgehead atoms. The molecule has 0 unspecified atom stereocenters. The Morgan fingerprint density at radius 2 is 0.458 bits per heavy atom. The highest BCUT2D eigenvalue weighted by Crippen LogP contribution is 2.45. The van der Waals surface area contributed by atoms with E-state index >= 15 is 0 Å². The summed E-state index contributed by atoms with van der Waals surface area (Å²) in [4.78, 5) is 0. The van der Waals surface area contributed by atoms with Gasteiger partial charge in [-0.05, 0) is 70.1 Å². The zero-order valence-corrected chi connectivity index (χ0v) is 31.7. The van der Waals surface area contributed by atoms with E-state index in [1.165, 1.54) is 136 Å². The Labute approximate surface area is 335 Å². The van der Waals surface area contributed by atoms with Crippen molar-refractivity contribution in [3.63, 3.8) is 0 Å². The lowest BCUT2D eigenvalue weighted by Crippen LogP contribution is -1.82. The van der Waals surface area contributed by atoms with Gasteiger partial charge in [0.05, 0.1) is 49.7 Å². The van der Waals surface area contributed by atoms with Gasteiger partial charge in [-0.1, -0.05) is 140 Å². The second-order valence-corrected chi connectivity index (χ2v) is 16.5. The van der Waals surface area contributed by atoms with Gasteiger partial charge in [0, 0.05) is 64.6 Å². The minimum Gasteiger partial charge on any atom is -0.308 e. The molecule has 16 aromatic rings. The first-order valence-corrected chi connectivity index (χ1v) is 20.5. The minimum atomic E-state index is 1.29. The van der Waals surface area contributed by atoms with E-state index in [4.69, 9.17) is 0 Å². The van der Waals surface area contributed by atoms with Gasteiger partial charge in [0.25, 0.3) is 0 Å². The van der Waals surface area contributed by atoms with Crippen LogP contribution in [0.4, 0.5) is 0 Å². The molecular weight excluding hydrogens is 715 g/mol. The maximum absolute atomic E-state index is 2.47. The standard InChI is InChI=1S/C30H16N2.C26H15N/c1-3-13-25-17(7-1)19-9-5-11-21-23-16-28-24(15-27(23)31(25)29(19)21)22-12-6-10-20-18-8-2-4-14-26(18)32(28)30(20)22;1-3-8-18-14-24-22(12-16(18)6-1)20-10-5-11-21-23-13-17-7-2-4-9-19(17)15-25(23)27(24)26(20)21/h1-16H;1-15H. The van der Waals surface area contributed by atoms with Crippen molar-refractivity contribution in [1.29, 1.82) is 0 Å². The Morgan fingerprint density at radius 1 is 0.186 bits per heavy atom. The lowest BCUT2D eigenvalue weighted by Gasteiger charge is -2.03. The zero-order chi connectivity index (χ0) is 38.1. The number of nitrogens with zero attached hydrogens (tertiary/aromatic N) is 3. The topological polar surface area (TPSA) is 13.2 Å². The molecule has 0 spiro atoms. The lowest BCUT2D eigenvalue weighted by atomic mass is 10.0. The summed E-state index contributed by atoms with van der Waals surface area (Å²) in [6, 6.07) is 69.3. The summed E-state index contributed by atoms with van der Waals surface area (Å²) in [5.74, 6) is 0. The van der Waals surface area contributed by atoms with E-state index in [2.05, 4.69) is 201 Å². The summed E-state index contributed by atoms with van der Waals surface area (Å²) in [6.45, 7) is 0. The van der Waals surface area contributed by atoms with Gasteiger partial charge in [0.2, 0.25) is 0 Å². The predicted octanol–water partition coefficient (Wildman–Crippen LogP) is 15.1. The minimum absolute atomic E-state index is 1.29. The summed E-state index contributed by atoms with van der Waals surface area (Å²) in [7, 11) is 0. The highest BCUT2D eigenvalue weighted by atomic mass is 14.9. The van der Waals surface area contributed by atoms with Crippen LogP contribution in [0.5, 0.6) is 0 Å². The maximum Gasteiger partial charge on any atom is 0.0620 e. The van der Waals surface area contributed by atoms with Crippen LogP contribution >= 0.6 is 0 Å². The van der Waals surface area contributed by atoms with Crippen LogP contribution < -0.4 is 0 Å². The number of aromatic nitrogens is 3. The molecule has 10 aromatic carbocycles. The molecule has 6 aromatic heterocycles. The fraction of sp³-hybridized carbons (Fsp3) is 0. The van der Waals surface area contributed by atoms with Gasteiger partial charge in [-0.15, -0.1) is 0 Å². The molecule has 0 amide bonds. The number of fused-ring (bicyclic) bond motifs is 20. The van der Waals surface area contributed by atoms with Gasteiger partial charge >= 0.3 is 0 Å². The van der Waals surface area contributed by atoms with Crippen molar-refractivity contribution in [2.75, 3.05) is 0 Å². The highest BCUT2D eigenvalue weighted by molar-refractivity contribution is 6.29. The molecule has 59 heavy (non-hydrogen) atoms. The van der Waals surface area contributed by atoms with Crippen molar-refractivity contribution < 1.29 is 0 Å². The van der Waals surface area contributed by atoms with Crippen LogP contribution in [0.1, 0.15) is 0 Å². The van der Waals surface area contributed by atoms with E-state index < -0.39 is 0 Å². The summed E-state index contributed by atoms with van der Waals surface area (Å²) in [5, 5.41) is 21.2. The first kappa shape index (κ1) is 30.3. The number of benzene rings is 10. The van der Waals surface area contributed by atoms with Crippen molar-refractivity contribution >= 4 is 136 Å². The fourth-order valence-electron chi connectivity index (χ4n) is 11.2. The third-order valence-electron chi connectivity index (χ3n) is 13.6. The van der Waals surface area contributed by atoms with Gasteiger partial charge in [-0.3, -0.25) is 0 Å². The summed E-state index contributed by atoms with van der Waals surface area (Å²) >= 11 is 0. The van der Waals surface area contributed by atoms with Crippen LogP contribution in [-0.2, 0) is 0 Å². The zero-order valence-electron chi connectivity index (χ0n) is 31.7. The molecule has 0 atom stereocenters. The summed E-state index contributed by atoms with van der Waals surface area (Å²) in [5.41, 5.74) is 11.8. The molecule has 270 valence electrons. The van der Waals surface area contributed by atoms with Crippen LogP contribution in [0.25, 0.3) is 136 Å². The average Bonchev–Trinajstić information content (AvgIpc) is 4.12. The van der Waals surface area contributed by atoms with E-state index in [0.717, 1.165) is 0 Å². The normalized spacial score (nSPS) is 12.7. The molecule has 0 saturated heterocycles. The van der Waals surface area contributed by atoms with E-state index in [-0.39, 0.29) is 0 Å². The SMILES string of the molecule is c1ccc2c(c1)c1cccc3c4cc5c(cc4n2c13)c1cccc2c3ccccc3n5c21.c1ccc2cc3c(cc2c1)c1cccc2c4cc5ccccc5cc4n3c12. The number of para-hydroxylation sites is 5. The van der Waals surface area contributed by atoms with Gasteiger partial charge in [-0.2, -0.15) is 0 Å². The van der Waals surface area contributed by atoms with Crippen molar-refractivity contribution in [2.45, 2.75) is 0 Å². The first-order chi connectivity index (χ1) is 29.3. The molecule has 0 fully saturated rings. The molecule has 6 heterocycles. The molecule has 3 nitrogen and oxygen atoms in total. The number of hydrogen-bond acceptors (Lipinski definition) is 0. The van der Waals surface area contributed by atoms with Crippen LogP contribution in [0.15, 0.2) is 188 Å². The quantitative estimate of drug-likeness (QED) is 0.147. The molecule has 16 rings (SSSR count). The molecular formula is C56H31N3. The fourth-order valence-corrected chi connectivity index (χ4v) is 11.2. The lowest BCUT2D eigenvalue weighted by molar-refractivity contribution is 1.36.